The van der Waals surface area contributed by atoms with Gasteiger partial charge in [-0.05, 0) is 83.5 Å². The fourth-order valence-electron chi connectivity index (χ4n) is 11.0. The normalized spacial score (nSPS) is 12.7. The van der Waals surface area contributed by atoms with E-state index in [0.717, 1.165) is 57.8 Å². The van der Waals surface area contributed by atoms with Gasteiger partial charge in [-0.1, -0.05) is 326 Å². The van der Waals surface area contributed by atoms with E-state index in [1.807, 2.05) is 0 Å². The van der Waals surface area contributed by atoms with Crippen molar-refractivity contribution in [1.29, 1.82) is 0 Å². The number of carbonyl (C=O) groups is 2. The van der Waals surface area contributed by atoms with Gasteiger partial charge in [0.2, 0.25) is 5.91 Å². The summed E-state index contributed by atoms with van der Waals surface area (Å²) >= 11 is 0. The van der Waals surface area contributed by atoms with Crippen molar-refractivity contribution in [2.75, 3.05) is 13.2 Å². The molecule has 78 heavy (non-hydrogen) atoms. The van der Waals surface area contributed by atoms with Gasteiger partial charge in [0.15, 0.2) is 0 Å². The van der Waals surface area contributed by atoms with Gasteiger partial charge in [0, 0.05) is 12.8 Å². The van der Waals surface area contributed by atoms with Crippen LogP contribution in [0.15, 0.2) is 36.5 Å². The lowest BCUT2D eigenvalue weighted by molar-refractivity contribution is -0.143. The smallest absolute Gasteiger partial charge is 0.305 e. The van der Waals surface area contributed by atoms with Crippen LogP contribution in [0.4, 0.5) is 0 Å². The van der Waals surface area contributed by atoms with E-state index < -0.39 is 12.1 Å². The summed E-state index contributed by atoms with van der Waals surface area (Å²) in [4.78, 5) is 24.6. The SMILES string of the molecule is CCCCCC/C=C\CCCCCCCC(=O)OCCCCCCCCCCC/C=C\C/C=C\CCCCCCCCCC(=O)NC(CO)C(O)CCCCCCCCCCCCCCCCCCCCCCCCCCC. The zero-order valence-electron chi connectivity index (χ0n) is 52.7. The molecule has 0 spiro atoms. The van der Waals surface area contributed by atoms with Crippen LogP contribution in [0.5, 0.6) is 0 Å². The van der Waals surface area contributed by atoms with Crippen molar-refractivity contribution < 1.29 is 24.5 Å². The molecule has 0 bridgehead atoms. The second-order valence-corrected chi connectivity index (χ2v) is 24.2. The van der Waals surface area contributed by atoms with Crippen LogP contribution in [0.3, 0.4) is 0 Å². The predicted octanol–water partition coefficient (Wildman–Crippen LogP) is 22.7. The van der Waals surface area contributed by atoms with Crippen LogP contribution in [0.1, 0.15) is 386 Å². The van der Waals surface area contributed by atoms with Gasteiger partial charge < -0.3 is 20.3 Å². The first kappa shape index (κ1) is 76.1. The van der Waals surface area contributed by atoms with E-state index in [0.29, 0.717) is 25.9 Å². The van der Waals surface area contributed by atoms with Gasteiger partial charge in [0.25, 0.3) is 0 Å². The number of esters is 1. The molecule has 0 aliphatic rings. The quantitative estimate of drug-likeness (QED) is 0.0320. The molecule has 0 aromatic heterocycles. The first-order valence-electron chi connectivity index (χ1n) is 35.2. The van der Waals surface area contributed by atoms with Crippen molar-refractivity contribution in [2.24, 2.45) is 0 Å². The molecule has 0 aliphatic carbocycles. The van der Waals surface area contributed by atoms with E-state index >= 15 is 0 Å². The van der Waals surface area contributed by atoms with Crippen LogP contribution in [-0.4, -0.2) is 47.4 Å². The maximum absolute atomic E-state index is 12.6. The Bertz CT molecular complexity index is 1260. The lowest BCUT2D eigenvalue weighted by Gasteiger charge is -2.22. The third-order valence-electron chi connectivity index (χ3n) is 16.4. The zero-order valence-corrected chi connectivity index (χ0v) is 52.7. The Kier molecular flexibility index (Phi) is 65.9. The Morgan fingerprint density at radius 2 is 0.641 bits per heavy atom. The Morgan fingerprint density at radius 1 is 0.359 bits per heavy atom. The number of nitrogens with one attached hydrogen (secondary N) is 1. The Morgan fingerprint density at radius 3 is 1.00 bits per heavy atom. The summed E-state index contributed by atoms with van der Waals surface area (Å²) in [5.41, 5.74) is 0. The van der Waals surface area contributed by atoms with Crippen molar-refractivity contribution in [2.45, 2.75) is 398 Å². The Hall–Kier alpha value is -1.92. The second kappa shape index (κ2) is 67.6. The zero-order chi connectivity index (χ0) is 56.4. The molecule has 1 amide bonds. The summed E-state index contributed by atoms with van der Waals surface area (Å²) < 4.78 is 5.47. The van der Waals surface area contributed by atoms with Crippen LogP contribution < -0.4 is 5.32 Å². The molecule has 3 N–H and O–H groups in total. The van der Waals surface area contributed by atoms with E-state index in [4.69, 9.17) is 4.74 Å². The molecule has 0 aromatic rings. The number of aliphatic hydroxyl groups is 2. The van der Waals surface area contributed by atoms with Crippen molar-refractivity contribution in [3.05, 3.63) is 36.5 Å². The molecule has 0 aliphatic heterocycles. The highest BCUT2D eigenvalue weighted by Crippen LogP contribution is 2.18. The minimum atomic E-state index is -0.673. The number of hydrogen-bond donors (Lipinski definition) is 3. The second-order valence-electron chi connectivity index (χ2n) is 24.2. The van der Waals surface area contributed by atoms with Crippen molar-refractivity contribution in [3.8, 4) is 0 Å². The number of rotatable bonds is 66. The van der Waals surface area contributed by atoms with E-state index in [2.05, 4.69) is 55.6 Å². The molecule has 0 radical (unpaired) electrons. The summed E-state index contributed by atoms with van der Waals surface area (Å²) in [6, 6.07) is -0.551. The summed E-state index contributed by atoms with van der Waals surface area (Å²) in [6.45, 7) is 4.96. The monoisotopic (exact) mass is 1100 g/mol. The summed E-state index contributed by atoms with van der Waals surface area (Å²) in [6.07, 6.45) is 86.1. The summed E-state index contributed by atoms with van der Waals surface area (Å²) in [5, 5.41) is 23.4. The molecular weight excluding hydrogens is 959 g/mol. The van der Waals surface area contributed by atoms with Crippen LogP contribution in [-0.2, 0) is 14.3 Å². The predicted molar refractivity (Wildman–Crippen MR) is 343 cm³/mol. The van der Waals surface area contributed by atoms with Crippen molar-refractivity contribution in [3.63, 3.8) is 0 Å². The van der Waals surface area contributed by atoms with E-state index in [-0.39, 0.29) is 18.5 Å². The number of allylic oxidation sites excluding steroid dienone is 6. The summed E-state index contributed by atoms with van der Waals surface area (Å²) in [5.74, 6) is -0.0430. The molecule has 2 unspecified atom stereocenters. The van der Waals surface area contributed by atoms with E-state index in [1.165, 1.54) is 295 Å². The third kappa shape index (κ3) is 63.3. The number of hydrogen-bond acceptors (Lipinski definition) is 5. The lowest BCUT2D eigenvalue weighted by atomic mass is 10.0. The molecule has 0 rings (SSSR count). The van der Waals surface area contributed by atoms with E-state index in [9.17, 15) is 19.8 Å². The molecule has 6 nitrogen and oxygen atoms in total. The maximum Gasteiger partial charge on any atom is 0.305 e. The van der Waals surface area contributed by atoms with E-state index in [1.54, 1.807) is 0 Å². The average Bonchev–Trinajstić information content (AvgIpc) is 3.44. The van der Waals surface area contributed by atoms with Gasteiger partial charge in [-0.25, -0.2) is 0 Å². The van der Waals surface area contributed by atoms with Gasteiger partial charge in [-0.15, -0.1) is 0 Å². The van der Waals surface area contributed by atoms with Crippen LogP contribution in [0.25, 0.3) is 0 Å². The molecule has 2 atom stereocenters. The first-order chi connectivity index (χ1) is 38.5. The average molecular weight is 1100 g/mol. The number of aliphatic hydroxyl groups excluding tert-OH is 2. The molecule has 0 heterocycles. The molecule has 0 fully saturated rings. The highest BCUT2D eigenvalue weighted by molar-refractivity contribution is 5.76. The van der Waals surface area contributed by atoms with Crippen LogP contribution in [0.2, 0.25) is 0 Å². The largest absolute Gasteiger partial charge is 0.466 e. The van der Waals surface area contributed by atoms with Crippen molar-refractivity contribution in [1.82, 2.24) is 5.32 Å². The van der Waals surface area contributed by atoms with Gasteiger partial charge in [-0.3, -0.25) is 9.59 Å². The minimum Gasteiger partial charge on any atom is -0.466 e. The molecule has 460 valence electrons. The third-order valence-corrected chi connectivity index (χ3v) is 16.4. The van der Waals surface area contributed by atoms with Crippen molar-refractivity contribution >= 4 is 11.9 Å². The molecule has 6 heteroatoms. The standard InChI is InChI=1S/C72H137NO5/c1-3-5-7-9-11-13-15-17-18-19-20-21-22-23-25-28-31-34-37-41-44-48-52-56-60-64-70(75)69(68-74)73-71(76)65-61-57-53-49-45-42-38-35-32-29-26-24-27-30-33-36-39-43-47-51-55-59-63-67-78-72(77)66-62-58-54-50-46-40-16-14-12-10-8-6-4-2/h14,16,24,27,29,32,69-70,74-75H,3-13,15,17-23,25-26,28,30-31,33-68H2,1-2H3,(H,73,76)/b16-14-,27-24-,32-29-. The molecule has 0 saturated carbocycles. The fraction of sp³-hybridized carbons (Fsp3) is 0.889. The Balaban J connectivity index is 3.45. The van der Waals surface area contributed by atoms with Gasteiger partial charge >= 0.3 is 5.97 Å². The van der Waals surface area contributed by atoms with Gasteiger partial charge in [-0.2, -0.15) is 0 Å². The number of ether oxygens (including phenoxy) is 1. The Labute approximate surface area is 487 Å². The number of amides is 1. The highest BCUT2D eigenvalue weighted by Gasteiger charge is 2.20. The van der Waals surface area contributed by atoms with Crippen LogP contribution >= 0.6 is 0 Å². The molecule has 0 aromatic carbocycles. The van der Waals surface area contributed by atoms with Crippen LogP contribution in [0, 0.1) is 0 Å². The topological polar surface area (TPSA) is 95.9 Å². The summed E-state index contributed by atoms with van der Waals surface area (Å²) in [7, 11) is 0. The minimum absolute atomic E-state index is 0.00163. The molecule has 0 saturated heterocycles. The van der Waals surface area contributed by atoms with Gasteiger partial charge in [0.05, 0.1) is 25.4 Å². The van der Waals surface area contributed by atoms with Gasteiger partial charge in [0.1, 0.15) is 0 Å². The highest BCUT2D eigenvalue weighted by atomic mass is 16.5. The first-order valence-corrected chi connectivity index (χ1v) is 35.2. The fourth-order valence-corrected chi connectivity index (χ4v) is 11.0. The number of carbonyl (C=O) groups excluding carboxylic acids is 2. The maximum atomic E-state index is 12.6. The molecular formula is C72H137NO5. The number of unbranched alkanes of at least 4 members (excludes halogenated alkanes) is 49. The lowest BCUT2D eigenvalue weighted by Crippen LogP contribution is -2.45.